The average molecular weight is 276 g/mol. The van der Waals surface area contributed by atoms with Crippen LogP contribution in [0.1, 0.15) is 38.7 Å². The number of nitrogens with two attached hydrogens (primary N) is 1. The van der Waals surface area contributed by atoms with E-state index in [2.05, 4.69) is 12.1 Å². The molecule has 0 unspecified atom stereocenters. The van der Waals surface area contributed by atoms with Gasteiger partial charge >= 0.3 is 6.09 Å². The van der Waals surface area contributed by atoms with Gasteiger partial charge in [-0.25, -0.2) is 4.79 Å². The molecule has 1 amide bonds. The largest absolute Gasteiger partial charge is 0.444 e. The average Bonchev–Trinajstić information content (AvgIpc) is 2.37. The minimum Gasteiger partial charge on any atom is -0.444 e. The molecular weight excluding hydrogens is 252 g/mol. The van der Waals surface area contributed by atoms with Crippen LogP contribution in [0, 0.1) is 0 Å². The molecule has 0 spiro atoms. The Morgan fingerprint density at radius 2 is 1.95 bits per heavy atom. The normalized spacial score (nSPS) is 23.5. The van der Waals surface area contributed by atoms with Crippen LogP contribution in [0.2, 0.25) is 0 Å². The highest BCUT2D eigenvalue weighted by atomic mass is 16.6. The lowest BCUT2D eigenvalue weighted by Crippen LogP contribution is -2.50. The van der Waals surface area contributed by atoms with Crippen LogP contribution in [-0.4, -0.2) is 35.7 Å². The second-order valence-electron chi connectivity index (χ2n) is 6.40. The number of amides is 1. The summed E-state index contributed by atoms with van der Waals surface area (Å²) >= 11 is 0. The predicted octanol–water partition coefficient (Wildman–Crippen LogP) is 2.74. The third-order valence-corrected chi connectivity index (χ3v) is 3.54. The highest BCUT2D eigenvalue weighted by Crippen LogP contribution is 2.27. The van der Waals surface area contributed by atoms with Gasteiger partial charge in [-0.2, -0.15) is 0 Å². The Bertz CT molecular complexity index is 453. The van der Waals surface area contributed by atoms with Crippen molar-refractivity contribution in [3.63, 3.8) is 0 Å². The molecule has 0 saturated carbocycles. The topological polar surface area (TPSA) is 55.6 Å². The molecule has 0 radical (unpaired) electrons. The molecule has 0 aromatic heterocycles. The van der Waals surface area contributed by atoms with Gasteiger partial charge in [0.05, 0.1) is 0 Å². The fourth-order valence-electron chi connectivity index (χ4n) is 2.59. The molecule has 2 rings (SSSR count). The molecule has 1 fully saturated rings. The summed E-state index contributed by atoms with van der Waals surface area (Å²) in [5, 5.41) is 0. The smallest absolute Gasteiger partial charge is 0.410 e. The fraction of sp³-hybridized carbons (Fsp3) is 0.562. The van der Waals surface area contributed by atoms with Gasteiger partial charge in [0.2, 0.25) is 0 Å². The van der Waals surface area contributed by atoms with Gasteiger partial charge in [0.1, 0.15) is 5.60 Å². The lowest BCUT2D eigenvalue weighted by molar-refractivity contribution is 0.0186. The Kier molecular flexibility index (Phi) is 4.33. The molecule has 110 valence electrons. The van der Waals surface area contributed by atoms with E-state index in [4.69, 9.17) is 10.5 Å². The van der Waals surface area contributed by atoms with Crippen LogP contribution in [-0.2, 0) is 4.74 Å². The van der Waals surface area contributed by atoms with E-state index in [9.17, 15) is 4.79 Å². The van der Waals surface area contributed by atoms with E-state index in [0.29, 0.717) is 19.0 Å². The number of hydrogen-bond acceptors (Lipinski definition) is 3. The van der Waals surface area contributed by atoms with E-state index in [1.54, 1.807) is 4.90 Å². The molecule has 1 aromatic carbocycles. The number of carbonyl (C=O) groups excluding carboxylic acids is 1. The summed E-state index contributed by atoms with van der Waals surface area (Å²) in [4.78, 5) is 13.8. The highest BCUT2D eigenvalue weighted by Gasteiger charge is 2.32. The number of piperidine rings is 1. The Labute approximate surface area is 120 Å². The quantitative estimate of drug-likeness (QED) is 0.858. The molecule has 0 bridgehead atoms. The molecular formula is C16H24N2O2. The van der Waals surface area contributed by atoms with Crippen molar-refractivity contribution in [1.82, 2.24) is 4.90 Å². The first-order valence-corrected chi connectivity index (χ1v) is 7.15. The summed E-state index contributed by atoms with van der Waals surface area (Å²) in [5.41, 5.74) is 7.05. The minimum atomic E-state index is -0.461. The van der Waals surface area contributed by atoms with Crippen LogP contribution in [0.3, 0.4) is 0 Å². The van der Waals surface area contributed by atoms with Crippen molar-refractivity contribution in [2.24, 2.45) is 5.73 Å². The van der Waals surface area contributed by atoms with Crippen molar-refractivity contribution in [2.45, 2.75) is 44.8 Å². The first kappa shape index (κ1) is 14.9. The molecule has 2 N–H and O–H groups in total. The van der Waals surface area contributed by atoms with Crippen LogP contribution in [0.15, 0.2) is 30.3 Å². The molecule has 1 saturated heterocycles. The molecule has 1 aliphatic rings. The lowest BCUT2D eigenvalue weighted by atomic mass is 9.86. The monoisotopic (exact) mass is 276 g/mol. The zero-order valence-corrected chi connectivity index (χ0v) is 12.5. The SMILES string of the molecule is CC(C)(C)OC(=O)N1CC[C@@H](c2ccccc2)[C@H](N)C1. The second-order valence-corrected chi connectivity index (χ2v) is 6.40. The first-order chi connectivity index (χ1) is 9.37. The number of hydrogen-bond donors (Lipinski definition) is 1. The molecule has 4 heteroatoms. The van der Waals surface area contributed by atoms with Gasteiger partial charge in [-0.3, -0.25) is 0 Å². The van der Waals surface area contributed by atoms with Crippen LogP contribution in [0.25, 0.3) is 0 Å². The lowest BCUT2D eigenvalue weighted by Gasteiger charge is -2.37. The van der Waals surface area contributed by atoms with E-state index in [1.165, 1.54) is 5.56 Å². The van der Waals surface area contributed by atoms with E-state index < -0.39 is 5.60 Å². The zero-order valence-electron chi connectivity index (χ0n) is 12.5. The van der Waals surface area contributed by atoms with Crippen molar-refractivity contribution in [3.8, 4) is 0 Å². The number of likely N-dealkylation sites (tertiary alicyclic amines) is 1. The maximum atomic E-state index is 12.1. The van der Waals surface area contributed by atoms with Crippen LogP contribution in [0.4, 0.5) is 4.79 Å². The predicted molar refractivity (Wildman–Crippen MR) is 79.6 cm³/mol. The Hall–Kier alpha value is -1.55. The summed E-state index contributed by atoms with van der Waals surface area (Å²) in [6, 6.07) is 10.2. The number of benzene rings is 1. The number of nitrogens with zero attached hydrogens (tertiary/aromatic N) is 1. The summed E-state index contributed by atoms with van der Waals surface area (Å²) in [6.07, 6.45) is 0.615. The van der Waals surface area contributed by atoms with Gasteiger partial charge in [0, 0.05) is 25.0 Å². The van der Waals surface area contributed by atoms with E-state index in [1.807, 2.05) is 39.0 Å². The van der Waals surface area contributed by atoms with Gasteiger partial charge in [0.15, 0.2) is 0 Å². The molecule has 20 heavy (non-hydrogen) atoms. The van der Waals surface area contributed by atoms with Gasteiger partial charge in [0.25, 0.3) is 0 Å². The van der Waals surface area contributed by atoms with Crippen LogP contribution in [0.5, 0.6) is 0 Å². The Balaban J connectivity index is 1.97. The van der Waals surface area contributed by atoms with Gasteiger partial charge in [-0.1, -0.05) is 30.3 Å². The standard InChI is InChI=1S/C16H24N2O2/c1-16(2,3)20-15(19)18-10-9-13(14(17)11-18)12-7-5-4-6-8-12/h4-8,13-14H,9-11,17H2,1-3H3/t13-,14+/m0/s1. The third kappa shape index (κ3) is 3.73. The van der Waals surface area contributed by atoms with Crippen LogP contribution >= 0.6 is 0 Å². The maximum Gasteiger partial charge on any atom is 0.410 e. The maximum absolute atomic E-state index is 12.1. The van der Waals surface area contributed by atoms with E-state index >= 15 is 0 Å². The van der Waals surface area contributed by atoms with Crippen molar-refractivity contribution in [2.75, 3.05) is 13.1 Å². The van der Waals surface area contributed by atoms with E-state index in [0.717, 1.165) is 6.42 Å². The summed E-state index contributed by atoms with van der Waals surface area (Å²) < 4.78 is 5.40. The highest BCUT2D eigenvalue weighted by molar-refractivity contribution is 5.68. The van der Waals surface area contributed by atoms with Crippen molar-refractivity contribution >= 4 is 6.09 Å². The fourth-order valence-corrected chi connectivity index (χ4v) is 2.59. The molecule has 4 nitrogen and oxygen atoms in total. The van der Waals surface area contributed by atoms with Crippen molar-refractivity contribution < 1.29 is 9.53 Å². The van der Waals surface area contributed by atoms with Gasteiger partial charge < -0.3 is 15.4 Å². The van der Waals surface area contributed by atoms with Gasteiger partial charge in [-0.15, -0.1) is 0 Å². The Morgan fingerprint density at radius 1 is 1.30 bits per heavy atom. The van der Waals surface area contributed by atoms with Crippen molar-refractivity contribution in [3.05, 3.63) is 35.9 Å². The number of ether oxygens (including phenoxy) is 1. The summed E-state index contributed by atoms with van der Waals surface area (Å²) in [5.74, 6) is 0.315. The van der Waals surface area contributed by atoms with Crippen molar-refractivity contribution in [1.29, 1.82) is 0 Å². The van der Waals surface area contributed by atoms with Crippen LogP contribution < -0.4 is 5.73 Å². The summed E-state index contributed by atoms with van der Waals surface area (Å²) in [7, 11) is 0. The molecule has 1 heterocycles. The molecule has 1 aromatic rings. The second kappa shape index (κ2) is 5.83. The number of carbonyl (C=O) groups is 1. The number of rotatable bonds is 1. The Morgan fingerprint density at radius 3 is 2.50 bits per heavy atom. The minimum absolute atomic E-state index is 0.0429. The molecule has 0 aliphatic carbocycles. The van der Waals surface area contributed by atoms with Gasteiger partial charge in [-0.05, 0) is 32.8 Å². The molecule has 2 atom stereocenters. The van der Waals surface area contributed by atoms with E-state index in [-0.39, 0.29) is 12.1 Å². The molecule has 1 aliphatic heterocycles. The zero-order chi connectivity index (χ0) is 14.8. The third-order valence-electron chi connectivity index (χ3n) is 3.54. The summed E-state index contributed by atoms with van der Waals surface area (Å²) in [6.45, 7) is 6.88. The first-order valence-electron chi connectivity index (χ1n) is 7.15.